The summed E-state index contributed by atoms with van der Waals surface area (Å²) in [6.45, 7) is 13.9. The number of ether oxygens (including phenoxy) is 1. The zero-order chi connectivity index (χ0) is 55.1. The van der Waals surface area contributed by atoms with E-state index in [-0.39, 0.29) is 97.0 Å². The lowest BCUT2D eigenvalue weighted by Crippen LogP contribution is -2.44. The topological polar surface area (TPSA) is 349 Å². The zero-order valence-corrected chi connectivity index (χ0v) is 47.2. The predicted octanol–water partition coefficient (Wildman–Crippen LogP) is 5.83. The predicted molar refractivity (Wildman–Crippen MR) is 303 cm³/mol. The molecular weight excluding hydrogens is 1100 g/mol. The van der Waals surface area contributed by atoms with Crippen LogP contribution >= 0.6 is 49.7 Å². The van der Waals surface area contributed by atoms with Crippen LogP contribution in [0.2, 0.25) is 0 Å². The Labute approximate surface area is 478 Å². The van der Waals surface area contributed by atoms with E-state index in [0.717, 1.165) is 45.1 Å². The molecule has 6 aromatic rings. The van der Waals surface area contributed by atoms with Crippen molar-refractivity contribution in [2.75, 3.05) is 13.1 Å². The number of pyridine rings is 2. The van der Waals surface area contributed by atoms with Gasteiger partial charge < -0.3 is 53.9 Å². The summed E-state index contributed by atoms with van der Waals surface area (Å²) in [5.74, 6) is -3.50. The van der Waals surface area contributed by atoms with Crippen molar-refractivity contribution in [2.24, 2.45) is 11.5 Å². The lowest BCUT2D eigenvalue weighted by molar-refractivity contribution is -0.151. The van der Waals surface area contributed by atoms with Crippen LogP contribution in [-0.2, 0) is 70.4 Å². The number of aliphatic hydroxyl groups is 1. The molecule has 0 radical (unpaired) electrons. The Morgan fingerprint density at radius 3 is 1.44 bits per heavy atom. The number of rotatable bonds is 15. The van der Waals surface area contributed by atoms with E-state index in [4.69, 9.17) is 30.1 Å². The summed E-state index contributed by atoms with van der Waals surface area (Å²) in [5, 5.41) is 19.2. The fourth-order valence-electron chi connectivity index (χ4n) is 8.15. The number of carbonyl (C=O) groups is 6. The van der Waals surface area contributed by atoms with Crippen molar-refractivity contribution in [1.29, 1.82) is 0 Å². The molecule has 432 valence electrons. The number of carboxylic acids is 1. The van der Waals surface area contributed by atoms with E-state index < -0.39 is 58.3 Å². The van der Waals surface area contributed by atoms with Crippen LogP contribution in [0.4, 0.5) is 0 Å². The molecule has 6 aromatic heterocycles. The highest BCUT2D eigenvalue weighted by atomic mass is 32.1. The van der Waals surface area contributed by atoms with Gasteiger partial charge in [0.2, 0.25) is 23.6 Å². The summed E-state index contributed by atoms with van der Waals surface area (Å²) in [6, 6.07) is 6.06. The smallest absolute Gasteiger partial charge is 0.481 e. The Morgan fingerprint density at radius 2 is 1.09 bits per heavy atom. The van der Waals surface area contributed by atoms with Crippen molar-refractivity contribution in [1.82, 2.24) is 29.7 Å². The molecule has 27 heteroatoms. The minimum absolute atomic E-state index is 0. The van der Waals surface area contributed by atoms with Crippen molar-refractivity contribution >= 4 is 85.2 Å². The molecule has 2 aliphatic heterocycles. The van der Waals surface area contributed by atoms with E-state index in [9.17, 15) is 43.5 Å². The molecule has 2 saturated heterocycles. The van der Waals surface area contributed by atoms with E-state index in [1.165, 1.54) is 27.6 Å². The average molecular weight is 1180 g/mol. The Morgan fingerprint density at radius 1 is 0.684 bits per heavy atom. The Kier molecular flexibility index (Phi) is 24.8. The summed E-state index contributed by atoms with van der Waals surface area (Å²) in [6.07, 6.45) is 6.06. The molecule has 23 nitrogen and oxygen atoms in total. The third-order valence-electron chi connectivity index (χ3n) is 12.6. The normalized spacial score (nSPS) is 14.6. The van der Waals surface area contributed by atoms with Crippen LogP contribution in [-0.4, -0.2) is 101 Å². The van der Waals surface area contributed by atoms with Gasteiger partial charge in [0.15, 0.2) is 23.9 Å². The van der Waals surface area contributed by atoms with Crippen molar-refractivity contribution in [3.63, 3.8) is 0 Å². The van der Waals surface area contributed by atoms with Gasteiger partial charge in [-0.3, -0.25) is 38.7 Å². The van der Waals surface area contributed by atoms with Gasteiger partial charge in [-0.25, -0.2) is 19.6 Å². The van der Waals surface area contributed by atoms with Gasteiger partial charge in [-0.05, 0) is 116 Å². The molecule has 8 rings (SSSR count). The number of aromatic nitrogens is 4. The monoisotopic (exact) mass is 1170 g/mol. The summed E-state index contributed by atoms with van der Waals surface area (Å²) >= 11 is 2.76. The van der Waals surface area contributed by atoms with Gasteiger partial charge in [-0.2, -0.15) is 27.0 Å². The minimum Gasteiger partial charge on any atom is -0.481 e. The van der Waals surface area contributed by atoms with Gasteiger partial charge in [-0.15, -0.1) is 22.7 Å². The number of amides is 4. The number of aliphatic carboxylic acids is 1. The highest BCUT2D eigenvalue weighted by Crippen LogP contribution is 2.35. The highest BCUT2D eigenvalue weighted by molar-refractivity contribution is 7.59. The maximum Gasteiger partial charge on any atom is 0.519 e. The summed E-state index contributed by atoms with van der Waals surface area (Å²) in [4.78, 5) is 117. The summed E-state index contributed by atoms with van der Waals surface area (Å²) in [5.41, 5.74) is 12.7. The molecule has 8 heterocycles. The Bertz CT molecular complexity index is 3230. The third kappa shape index (κ3) is 16.3. The van der Waals surface area contributed by atoms with E-state index in [1.807, 2.05) is 19.9 Å². The average Bonchev–Trinajstić information content (AvgIpc) is 4.24. The standard InChI is InChI=1S/C25H28N4O7S.C20H24N4O4S.C5H6O4.2CH4.2H2S/c1-13-21(37-19(28-13)11-20(30)29-9-5-6-16(29)22(26)31)15-7-8-27-18(10-15)25(3,4)23(32)34-12-17-14(2)35-24(33)36-17;1-11-17(12-6-7-22-14(9-12)20(2,3)19(27)28)29-15(23-11)10-16(25)24-8-4-5-13(24)18(21)26;1-3-4(2-6)9-5(7)8-3;;;;/h7-8,10,16H,5-6,9,11-12H2,1-4H3,(H2,26,31);6-7,9,13H,4-5,8,10H2,1-3H3,(H2,21,26)(H,27,28);6H,2H2,1H3;2*1H4;2*1H2/t16-;13-;;;;;/m00...../s1. The van der Waals surface area contributed by atoms with Crippen molar-refractivity contribution in [2.45, 2.75) is 145 Å². The largest absolute Gasteiger partial charge is 0.519 e. The van der Waals surface area contributed by atoms with Gasteiger partial charge in [0.25, 0.3) is 0 Å². The molecule has 6 N–H and O–H groups in total. The number of carboxylic acid groups (broad SMARTS) is 1. The van der Waals surface area contributed by atoms with Crippen molar-refractivity contribution in [3.05, 3.63) is 114 Å². The number of primary amides is 2. The number of thiazole rings is 2. The quantitative estimate of drug-likeness (QED) is 0.0878. The Balaban J connectivity index is 0.000000454. The molecule has 0 unspecified atom stereocenters. The first-order valence-corrected chi connectivity index (χ1v) is 25.2. The number of aliphatic hydroxyl groups excluding tert-OH is 1. The fourth-order valence-corrected chi connectivity index (χ4v) is 10.3. The fraction of sp³-hybridized carbons (Fsp3) is 0.462. The van der Waals surface area contributed by atoms with E-state index in [0.29, 0.717) is 53.1 Å². The van der Waals surface area contributed by atoms with Crippen LogP contribution in [0.1, 0.15) is 124 Å². The van der Waals surface area contributed by atoms with Gasteiger partial charge in [0, 0.05) is 25.5 Å². The summed E-state index contributed by atoms with van der Waals surface area (Å²) in [7, 11) is 0. The SMILES string of the molecule is C.C.Cc1nc(CC(=O)N2CCC[C@H]2C(N)=O)sc1-c1ccnc(C(C)(C)C(=O)O)c1.Cc1nc(CC(=O)N2CCC[C@H]2C(N)=O)sc1-c1ccnc(C(C)(C)C(=O)OCc2oc(=O)oc2C)c1.Cc1oc(=O)oc1CO.S.S. The van der Waals surface area contributed by atoms with Crippen LogP contribution in [0.5, 0.6) is 0 Å². The third-order valence-corrected chi connectivity index (χ3v) is 15.0. The number of hydrogen-bond acceptors (Lipinski definition) is 20. The van der Waals surface area contributed by atoms with Crippen LogP contribution < -0.4 is 23.1 Å². The molecule has 2 fully saturated rings. The second kappa shape index (κ2) is 28.8. The minimum atomic E-state index is -1.12. The number of likely N-dealkylation sites (tertiary alicyclic amines) is 2. The van der Waals surface area contributed by atoms with Gasteiger partial charge in [-0.1, -0.05) is 14.9 Å². The number of nitrogens with two attached hydrogens (primary N) is 2. The number of hydrogen-bond donors (Lipinski definition) is 4. The zero-order valence-electron chi connectivity index (χ0n) is 43.5. The van der Waals surface area contributed by atoms with E-state index in [1.54, 1.807) is 77.0 Å². The second-order valence-electron chi connectivity index (χ2n) is 18.7. The first-order chi connectivity index (χ1) is 35.3. The molecule has 0 bridgehead atoms. The number of esters is 1. The molecule has 79 heavy (non-hydrogen) atoms. The maximum atomic E-state index is 12.9. The maximum absolute atomic E-state index is 12.9. The lowest BCUT2D eigenvalue weighted by atomic mass is 9.88. The van der Waals surface area contributed by atoms with Gasteiger partial charge in [0.05, 0.1) is 45.4 Å². The van der Waals surface area contributed by atoms with Crippen LogP contribution in [0.15, 0.2) is 63.9 Å². The molecule has 2 atom stereocenters. The van der Waals surface area contributed by atoms with Crippen molar-refractivity contribution in [3.8, 4) is 20.9 Å². The first-order valence-electron chi connectivity index (χ1n) is 23.6. The molecule has 2 aliphatic rings. The van der Waals surface area contributed by atoms with Crippen LogP contribution in [0.3, 0.4) is 0 Å². The molecule has 0 aromatic carbocycles. The molecular formula is C52H70N8O15S4. The number of nitrogens with zero attached hydrogens (tertiary/aromatic N) is 6. The molecule has 0 spiro atoms. The molecule has 0 aliphatic carbocycles. The van der Waals surface area contributed by atoms with E-state index in [2.05, 4.69) is 28.8 Å². The van der Waals surface area contributed by atoms with Crippen LogP contribution in [0, 0.1) is 27.7 Å². The molecule has 0 saturated carbocycles. The van der Waals surface area contributed by atoms with Crippen molar-refractivity contribution < 1.29 is 61.4 Å². The van der Waals surface area contributed by atoms with Gasteiger partial charge in [0.1, 0.15) is 45.3 Å². The van der Waals surface area contributed by atoms with E-state index >= 15 is 0 Å². The number of carbonyl (C=O) groups excluding carboxylic acids is 5. The lowest BCUT2D eigenvalue weighted by Gasteiger charge is -2.22. The molecule has 4 amide bonds. The number of aryl methyl sites for hydroxylation is 4. The van der Waals surface area contributed by atoms with Gasteiger partial charge >= 0.3 is 23.6 Å². The Hall–Kier alpha value is -6.94. The first kappa shape index (κ1) is 68.2. The second-order valence-corrected chi connectivity index (χ2v) is 20.9. The van der Waals surface area contributed by atoms with Crippen LogP contribution in [0.25, 0.3) is 20.9 Å². The summed E-state index contributed by atoms with van der Waals surface area (Å²) < 4.78 is 23.9. The highest BCUT2D eigenvalue weighted by Gasteiger charge is 2.37.